The van der Waals surface area contributed by atoms with E-state index >= 15 is 0 Å². The fourth-order valence-corrected chi connectivity index (χ4v) is 4.33. The van der Waals surface area contributed by atoms with Crippen LogP contribution in [0.1, 0.15) is 0 Å². The van der Waals surface area contributed by atoms with E-state index in [4.69, 9.17) is 8.85 Å². The van der Waals surface area contributed by atoms with Crippen molar-refractivity contribution in [2.75, 3.05) is 42.4 Å². The minimum atomic E-state index is -2.09. The van der Waals surface area contributed by atoms with E-state index < -0.39 is 8.56 Å². The van der Waals surface area contributed by atoms with Gasteiger partial charge in [0.15, 0.2) is 0 Å². The van der Waals surface area contributed by atoms with E-state index in [1.165, 1.54) is 4.82 Å². The lowest BCUT2D eigenvalue weighted by atomic mass is 10.4. The molecule has 0 rings (SSSR count). The molecule has 0 saturated carbocycles. The number of likely N-dealkylation sites (N-methyl/N-ethyl adjacent to an activating group) is 2. The van der Waals surface area contributed by atoms with Gasteiger partial charge in [-0.25, -0.2) is 0 Å². The smallest absolute Gasteiger partial charge is 0.359 e. The van der Waals surface area contributed by atoms with Gasteiger partial charge < -0.3 is 8.85 Å². The molecular formula is C10H26N2O2Si2. The maximum atomic E-state index is 5.56. The van der Waals surface area contributed by atoms with Gasteiger partial charge in [-0.1, -0.05) is 10.9 Å². The van der Waals surface area contributed by atoms with Gasteiger partial charge in [-0.15, -0.1) is 0 Å². The molecule has 6 heteroatoms. The normalized spacial score (nSPS) is 14.5. The third-order valence-electron chi connectivity index (χ3n) is 2.95. The lowest BCUT2D eigenvalue weighted by molar-refractivity contribution is 0.173. The second-order valence-electron chi connectivity index (χ2n) is 4.54. The monoisotopic (exact) mass is 262 g/mol. The van der Waals surface area contributed by atoms with E-state index in [0.29, 0.717) is 6.17 Å². The van der Waals surface area contributed by atoms with Crippen molar-refractivity contribution in [3.63, 3.8) is 0 Å². The molecule has 0 aliphatic heterocycles. The van der Waals surface area contributed by atoms with Crippen LogP contribution in [0.2, 0.25) is 6.55 Å². The minimum Gasteiger partial charge on any atom is -0.395 e. The molecule has 0 N–H and O–H groups in total. The van der Waals surface area contributed by atoms with Crippen molar-refractivity contribution in [2.24, 2.45) is 0 Å². The Balaban J connectivity index is 4.98. The first-order valence-electron chi connectivity index (χ1n) is 5.40. The van der Waals surface area contributed by atoms with Crippen LogP contribution < -0.4 is 0 Å². The van der Waals surface area contributed by atoms with E-state index in [9.17, 15) is 0 Å². The van der Waals surface area contributed by atoms with E-state index in [2.05, 4.69) is 50.6 Å². The molecule has 16 heavy (non-hydrogen) atoms. The van der Waals surface area contributed by atoms with Crippen LogP contribution in [0.3, 0.4) is 0 Å². The van der Waals surface area contributed by atoms with Gasteiger partial charge >= 0.3 is 8.56 Å². The molecule has 0 aromatic rings. The summed E-state index contributed by atoms with van der Waals surface area (Å²) in [6.07, 6.45) is 2.57. The number of hydrogen-bond acceptors (Lipinski definition) is 4. The van der Waals surface area contributed by atoms with Gasteiger partial charge in [0.25, 0.3) is 0 Å². The zero-order valence-electron chi connectivity index (χ0n) is 11.9. The van der Waals surface area contributed by atoms with Crippen LogP contribution in [0.25, 0.3) is 0 Å². The lowest BCUT2D eigenvalue weighted by Crippen LogP contribution is -2.44. The maximum absolute atomic E-state index is 5.56. The number of nitrogens with zero attached hydrogens (tertiary/aromatic N) is 2. The first-order valence-corrected chi connectivity index (χ1v) is 8.72. The van der Waals surface area contributed by atoms with Crippen LogP contribution in [-0.2, 0) is 8.85 Å². The standard InChI is InChI=1S/C10H26N2O2Si2/c1-11(2)9(12(3)4)8-10(15)16(7,13-5)14-6/h8-9H,1-7,15H3. The summed E-state index contributed by atoms with van der Waals surface area (Å²) in [7, 11) is 10.7. The van der Waals surface area contributed by atoms with Crippen LogP contribution in [0, 0.1) is 0 Å². The number of rotatable bonds is 6. The van der Waals surface area contributed by atoms with Gasteiger partial charge in [-0.2, -0.15) is 0 Å². The summed E-state index contributed by atoms with van der Waals surface area (Å²) in [6, 6.07) is 0. The first kappa shape index (κ1) is 16.0. The van der Waals surface area contributed by atoms with Crippen molar-refractivity contribution in [1.82, 2.24) is 9.80 Å². The van der Waals surface area contributed by atoms with Gasteiger partial charge in [-0.3, -0.25) is 9.80 Å². The fourth-order valence-electron chi connectivity index (χ4n) is 1.54. The maximum Gasteiger partial charge on any atom is 0.359 e. The Labute approximate surface area is 104 Å². The van der Waals surface area contributed by atoms with Crippen LogP contribution in [0.15, 0.2) is 10.9 Å². The predicted molar refractivity (Wildman–Crippen MR) is 74.8 cm³/mol. The molecule has 0 atom stereocenters. The largest absolute Gasteiger partial charge is 0.395 e. The SMILES string of the molecule is CO[Si](C)(OC)C([SiH3])=CC(N(C)C)N(C)C. The van der Waals surface area contributed by atoms with E-state index in [1.807, 2.05) is 0 Å². The Morgan fingerprint density at radius 1 is 1.12 bits per heavy atom. The average Bonchev–Trinajstić information content (AvgIpc) is 2.23. The van der Waals surface area contributed by atoms with Crippen molar-refractivity contribution in [3.8, 4) is 0 Å². The molecule has 0 amide bonds. The summed E-state index contributed by atoms with van der Waals surface area (Å²) in [4.78, 5) is 5.70. The predicted octanol–water partition coefficient (Wildman–Crippen LogP) is -0.411. The van der Waals surface area contributed by atoms with Gasteiger partial charge in [0.2, 0.25) is 0 Å². The summed E-state index contributed by atoms with van der Waals surface area (Å²) in [6.45, 7) is 2.09. The van der Waals surface area contributed by atoms with Crippen molar-refractivity contribution >= 4 is 18.8 Å². The highest BCUT2D eigenvalue weighted by Crippen LogP contribution is 2.15. The molecule has 96 valence electrons. The molecule has 0 aromatic carbocycles. The third-order valence-corrected chi connectivity index (χ3v) is 9.17. The Bertz CT molecular complexity index is 233. The topological polar surface area (TPSA) is 24.9 Å². The fraction of sp³-hybridized carbons (Fsp3) is 0.800. The molecule has 0 spiro atoms. The Morgan fingerprint density at radius 2 is 1.50 bits per heavy atom. The zero-order valence-corrected chi connectivity index (χ0v) is 14.9. The van der Waals surface area contributed by atoms with Crippen LogP contribution in [0.4, 0.5) is 0 Å². The molecule has 0 bridgehead atoms. The van der Waals surface area contributed by atoms with Crippen molar-refractivity contribution < 1.29 is 8.85 Å². The average molecular weight is 263 g/mol. The molecule has 0 saturated heterocycles. The first-order chi connectivity index (χ1) is 7.28. The Kier molecular flexibility index (Phi) is 6.68. The van der Waals surface area contributed by atoms with Crippen LogP contribution >= 0.6 is 0 Å². The second kappa shape index (κ2) is 6.68. The quantitative estimate of drug-likeness (QED) is 0.480. The summed E-state index contributed by atoms with van der Waals surface area (Å²) < 4.78 is 11.1. The van der Waals surface area contributed by atoms with E-state index in [0.717, 1.165) is 10.2 Å². The number of hydrogen-bond donors (Lipinski definition) is 0. The molecule has 0 unspecified atom stereocenters. The third kappa shape index (κ3) is 4.12. The molecule has 0 radical (unpaired) electrons. The molecule has 0 fully saturated rings. The van der Waals surface area contributed by atoms with Crippen molar-refractivity contribution in [1.29, 1.82) is 0 Å². The van der Waals surface area contributed by atoms with Gasteiger partial charge in [0.1, 0.15) is 0 Å². The molecule has 0 aliphatic rings. The van der Waals surface area contributed by atoms with Gasteiger partial charge in [-0.05, 0) is 34.7 Å². The highest BCUT2D eigenvalue weighted by molar-refractivity contribution is 6.82. The summed E-state index contributed by atoms with van der Waals surface area (Å²) in [5, 5.41) is 0. The lowest BCUT2D eigenvalue weighted by Gasteiger charge is -2.31. The van der Waals surface area contributed by atoms with Crippen LogP contribution in [0.5, 0.6) is 0 Å². The van der Waals surface area contributed by atoms with Gasteiger partial charge in [0.05, 0.1) is 6.17 Å². The molecular weight excluding hydrogens is 236 g/mol. The van der Waals surface area contributed by atoms with Crippen molar-refractivity contribution in [2.45, 2.75) is 12.7 Å². The molecule has 0 heterocycles. The van der Waals surface area contributed by atoms with Crippen molar-refractivity contribution in [3.05, 3.63) is 10.9 Å². The minimum absolute atomic E-state index is 0.296. The summed E-state index contributed by atoms with van der Waals surface area (Å²) in [5.41, 5.74) is 0. The van der Waals surface area contributed by atoms with Crippen LogP contribution in [-0.4, -0.2) is 77.2 Å². The Morgan fingerprint density at radius 3 is 1.75 bits per heavy atom. The molecule has 0 aromatic heterocycles. The second-order valence-corrected chi connectivity index (χ2v) is 10.1. The summed E-state index contributed by atoms with van der Waals surface area (Å²) in [5.74, 6) is 0. The Hall–Kier alpha value is 0.0138. The van der Waals surface area contributed by atoms with E-state index in [-0.39, 0.29) is 0 Å². The van der Waals surface area contributed by atoms with Gasteiger partial charge in [0, 0.05) is 24.5 Å². The van der Waals surface area contributed by atoms with E-state index in [1.54, 1.807) is 14.2 Å². The highest BCUT2D eigenvalue weighted by Gasteiger charge is 2.31. The highest BCUT2D eigenvalue weighted by atomic mass is 28.4. The molecule has 4 nitrogen and oxygen atoms in total. The molecule has 0 aliphatic carbocycles. The zero-order chi connectivity index (χ0) is 12.9. The summed E-state index contributed by atoms with van der Waals surface area (Å²) >= 11 is 0.